The highest BCUT2D eigenvalue weighted by Gasteiger charge is 2.35. The molecule has 0 bridgehead atoms. The van der Waals surface area contributed by atoms with Gasteiger partial charge in [0, 0.05) is 16.4 Å². The van der Waals surface area contributed by atoms with Crippen LogP contribution in [0.1, 0.15) is 25.0 Å². The summed E-state index contributed by atoms with van der Waals surface area (Å²) in [5, 5.41) is 3.70. The first-order valence-corrected chi connectivity index (χ1v) is 10.0. The Morgan fingerprint density at radius 1 is 0.655 bits per heavy atom. The quantitative estimate of drug-likeness (QED) is 0.325. The Kier molecular flexibility index (Phi) is 3.25. The van der Waals surface area contributed by atoms with Crippen molar-refractivity contribution < 1.29 is 0 Å². The van der Waals surface area contributed by atoms with Crippen LogP contribution < -0.4 is 0 Å². The minimum Gasteiger partial charge on any atom is -0.236 e. The van der Waals surface area contributed by atoms with Crippen LogP contribution in [0.3, 0.4) is 0 Å². The molecule has 1 aromatic heterocycles. The Balaban J connectivity index is 1.74. The van der Waals surface area contributed by atoms with Gasteiger partial charge in [-0.1, -0.05) is 68.4 Å². The maximum absolute atomic E-state index is 4.74. The van der Waals surface area contributed by atoms with Crippen LogP contribution in [-0.2, 0) is 5.41 Å². The standard InChI is InChI=1S/C27H20N2/c1-27(2)22-13-19-11-7-6-10-18(19)12-21(22)26-25-23(27)14-20(15-24(25)28-16-29-26)17-8-4-3-5-9-17/h3-16H,1-2H3. The first-order chi connectivity index (χ1) is 14.1. The molecule has 0 amide bonds. The summed E-state index contributed by atoms with van der Waals surface area (Å²) in [6.07, 6.45) is 1.70. The molecule has 1 heterocycles. The van der Waals surface area contributed by atoms with Crippen molar-refractivity contribution in [2.45, 2.75) is 19.3 Å². The van der Waals surface area contributed by atoms with E-state index in [4.69, 9.17) is 4.98 Å². The van der Waals surface area contributed by atoms with Crippen LogP contribution in [0.5, 0.6) is 0 Å². The fourth-order valence-electron chi connectivity index (χ4n) is 4.78. The highest BCUT2D eigenvalue weighted by molar-refractivity contribution is 6.04. The lowest BCUT2D eigenvalue weighted by molar-refractivity contribution is 0.645. The zero-order valence-corrected chi connectivity index (χ0v) is 16.5. The maximum Gasteiger partial charge on any atom is 0.116 e. The summed E-state index contributed by atoms with van der Waals surface area (Å²) in [6, 6.07) is 28.3. The molecule has 2 heteroatoms. The van der Waals surface area contributed by atoms with E-state index in [1.807, 2.05) is 0 Å². The van der Waals surface area contributed by atoms with Crippen molar-refractivity contribution in [3.8, 4) is 22.4 Å². The molecule has 0 saturated carbocycles. The third-order valence-corrected chi connectivity index (χ3v) is 6.33. The molecular formula is C27H20N2. The molecule has 0 spiro atoms. The van der Waals surface area contributed by atoms with Crippen LogP contribution in [0.2, 0.25) is 0 Å². The van der Waals surface area contributed by atoms with Gasteiger partial charge in [0.1, 0.15) is 6.33 Å². The first-order valence-electron chi connectivity index (χ1n) is 10.0. The summed E-state index contributed by atoms with van der Waals surface area (Å²) in [6.45, 7) is 4.64. The van der Waals surface area contributed by atoms with Crippen LogP contribution in [0.25, 0.3) is 44.1 Å². The van der Waals surface area contributed by atoms with Gasteiger partial charge in [-0.15, -0.1) is 0 Å². The second-order valence-corrected chi connectivity index (χ2v) is 8.38. The van der Waals surface area contributed by atoms with E-state index in [0.29, 0.717) is 0 Å². The van der Waals surface area contributed by atoms with E-state index in [0.717, 1.165) is 11.2 Å². The summed E-state index contributed by atoms with van der Waals surface area (Å²) in [7, 11) is 0. The lowest BCUT2D eigenvalue weighted by atomic mass is 9.69. The number of hydrogen-bond acceptors (Lipinski definition) is 2. The second-order valence-electron chi connectivity index (χ2n) is 8.38. The zero-order valence-electron chi connectivity index (χ0n) is 16.5. The molecule has 6 rings (SSSR count). The molecule has 1 aliphatic rings. The lowest BCUT2D eigenvalue weighted by Crippen LogP contribution is -2.24. The average molecular weight is 372 g/mol. The molecular weight excluding hydrogens is 352 g/mol. The Morgan fingerprint density at radius 2 is 1.38 bits per heavy atom. The molecule has 0 aliphatic heterocycles. The van der Waals surface area contributed by atoms with E-state index < -0.39 is 0 Å². The smallest absolute Gasteiger partial charge is 0.116 e. The van der Waals surface area contributed by atoms with Crippen molar-refractivity contribution in [3.63, 3.8) is 0 Å². The highest BCUT2D eigenvalue weighted by atomic mass is 14.8. The summed E-state index contributed by atoms with van der Waals surface area (Å²) in [5.41, 5.74) is 8.19. The van der Waals surface area contributed by atoms with Gasteiger partial charge >= 0.3 is 0 Å². The number of fused-ring (bicyclic) bond motifs is 3. The van der Waals surface area contributed by atoms with Crippen LogP contribution >= 0.6 is 0 Å². The van der Waals surface area contributed by atoms with Gasteiger partial charge in [-0.2, -0.15) is 0 Å². The molecule has 0 saturated heterocycles. The number of aromatic nitrogens is 2. The van der Waals surface area contributed by atoms with Gasteiger partial charge in [0.25, 0.3) is 0 Å². The largest absolute Gasteiger partial charge is 0.236 e. The van der Waals surface area contributed by atoms with Crippen LogP contribution in [-0.4, -0.2) is 9.97 Å². The van der Waals surface area contributed by atoms with Crippen LogP contribution in [0, 0.1) is 0 Å². The summed E-state index contributed by atoms with van der Waals surface area (Å²) in [4.78, 5) is 9.40. The summed E-state index contributed by atoms with van der Waals surface area (Å²) < 4.78 is 0. The van der Waals surface area contributed by atoms with Crippen molar-refractivity contribution in [1.29, 1.82) is 0 Å². The van der Waals surface area contributed by atoms with Gasteiger partial charge in [-0.25, -0.2) is 9.97 Å². The number of benzene rings is 4. The molecule has 138 valence electrons. The molecule has 0 atom stereocenters. The van der Waals surface area contributed by atoms with Crippen LogP contribution in [0.4, 0.5) is 0 Å². The highest BCUT2D eigenvalue weighted by Crippen LogP contribution is 2.49. The topological polar surface area (TPSA) is 25.8 Å². The zero-order chi connectivity index (χ0) is 19.6. The minimum atomic E-state index is -0.139. The molecule has 5 aromatic rings. The Hall–Kier alpha value is -3.52. The molecule has 0 radical (unpaired) electrons. The van der Waals surface area contributed by atoms with Crippen molar-refractivity contribution in [3.05, 3.63) is 96.3 Å². The monoisotopic (exact) mass is 372 g/mol. The van der Waals surface area contributed by atoms with Gasteiger partial charge in [0.2, 0.25) is 0 Å². The number of nitrogens with zero attached hydrogens (tertiary/aromatic N) is 2. The lowest BCUT2D eigenvalue weighted by Gasteiger charge is -2.35. The molecule has 29 heavy (non-hydrogen) atoms. The first kappa shape index (κ1) is 16.4. The fraction of sp³-hybridized carbons (Fsp3) is 0.111. The van der Waals surface area contributed by atoms with E-state index in [1.54, 1.807) is 6.33 Å². The minimum absolute atomic E-state index is 0.139. The molecule has 1 aliphatic carbocycles. The van der Waals surface area contributed by atoms with Crippen molar-refractivity contribution in [2.75, 3.05) is 0 Å². The predicted octanol–water partition coefficient (Wildman–Crippen LogP) is 6.76. The van der Waals surface area contributed by atoms with Crippen molar-refractivity contribution in [2.24, 2.45) is 0 Å². The van der Waals surface area contributed by atoms with Gasteiger partial charge in [-0.3, -0.25) is 0 Å². The van der Waals surface area contributed by atoms with Crippen LogP contribution in [0.15, 0.2) is 85.2 Å². The van der Waals surface area contributed by atoms with Gasteiger partial charge < -0.3 is 0 Å². The molecule has 0 N–H and O–H groups in total. The van der Waals surface area contributed by atoms with E-state index in [-0.39, 0.29) is 5.41 Å². The van der Waals surface area contributed by atoms with E-state index >= 15 is 0 Å². The number of rotatable bonds is 1. The second kappa shape index (κ2) is 5.74. The maximum atomic E-state index is 4.74. The Bertz CT molecular complexity index is 1420. The van der Waals surface area contributed by atoms with E-state index in [9.17, 15) is 0 Å². The Labute approximate surface area is 169 Å². The Morgan fingerprint density at radius 3 is 2.17 bits per heavy atom. The molecule has 2 nitrogen and oxygen atoms in total. The van der Waals surface area contributed by atoms with Crippen molar-refractivity contribution in [1.82, 2.24) is 9.97 Å². The molecule has 0 unspecified atom stereocenters. The number of hydrogen-bond donors (Lipinski definition) is 0. The average Bonchev–Trinajstić information content (AvgIpc) is 2.77. The van der Waals surface area contributed by atoms with Gasteiger partial charge in [0.05, 0.1) is 11.2 Å². The molecule has 0 fully saturated rings. The molecule has 4 aromatic carbocycles. The fourth-order valence-corrected chi connectivity index (χ4v) is 4.78. The predicted molar refractivity (Wildman–Crippen MR) is 120 cm³/mol. The van der Waals surface area contributed by atoms with Gasteiger partial charge in [0.15, 0.2) is 0 Å². The normalized spacial score (nSPS) is 14.1. The van der Waals surface area contributed by atoms with Crippen molar-refractivity contribution >= 4 is 21.7 Å². The SMILES string of the molecule is CC1(C)c2cc3ccccc3cc2-c2ncnc3cc(-c4ccccc4)cc1c23. The van der Waals surface area contributed by atoms with E-state index in [2.05, 4.69) is 97.7 Å². The third kappa shape index (κ3) is 2.29. The van der Waals surface area contributed by atoms with Gasteiger partial charge in [-0.05, 0) is 57.3 Å². The summed E-state index contributed by atoms with van der Waals surface area (Å²) >= 11 is 0. The third-order valence-electron chi connectivity index (χ3n) is 6.33. The summed E-state index contributed by atoms with van der Waals surface area (Å²) in [5.74, 6) is 0. The van der Waals surface area contributed by atoms with E-state index in [1.165, 1.54) is 44.0 Å².